The molecule has 0 amide bonds. The van der Waals surface area contributed by atoms with Crippen LogP contribution in [-0.4, -0.2) is 42.2 Å². The number of carbonyl (C=O) groups excluding carboxylic acids is 2. The molecule has 0 bridgehead atoms. The second kappa shape index (κ2) is 16.3. The van der Waals surface area contributed by atoms with E-state index in [1.807, 2.05) is 83.4 Å². The molecule has 0 N–H and O–H groups in total. The Morgan fingerprint density at radius 1 is 0.639 bits per heavy atom. The molecule has 3 aliphatic rings. The molecule has 0 aromatic heterocycles. The maximum Gasteiger partial charge on any atom is 0.404 e. The highest BCUT2D eigenvalue weighted by molar-refractivity contribution is 6.09. The van der Waals surface area contributed by atoms with Crippen LogP contribution in [0.25, 0.3) is 23.3 Å². The number of carbonyl (C=O) groups is 2. The van der Waals surface area contributed by atoms with Crippen LogP contribution < -0.4 is 5.01 Å². The van der Waals surface area contributed by atoms with Crippen LogP contribution in [0.15, 0.2) is 186 Å². The van der Waals surface area contributed by atoms with Crippen LogP contribution in [-0.2, 0) is 24.5 Å². The predicted octanol–water partition coefficient (Wildman–Crippen LogP) is 11.2. The average molecular weight is 801 g/mol. The van der Waals surface area contributed by atoms with Gasteiger partial charge in [0.05, 0.1) is 37.1 Å². The van der Waals surface area contributed by atoms with Crippen molar-refractivity contribution in [1.29, 1.82) is 0 Å². The van der Waals surface area contributed by atoms with Gasteiger partial charge >= 0.3 is 17.6 Å². The van der Waals surface area contributed by atoms with Gasteiger partial charge in [-0.25, -0.2) is 9.59 Å². The lowest BCUT2D eigenvalue weighted by Gasteiger charge is -2.24. The summed E-state index contributed by atoms with van der Waals surface area (Å²) in [6, 6.07) is 53.3. The van der Waals surface area contributed by atoms with Crippen LogP contribution in [0, 0.1) is 0 Å². The lowest BCUT2D eigenvalue weighted by Crippen LogP contribution is -2.31. The molecule has 1 atom stereocenters. The van der Waals surface area contributed by atoms with E-state index in [9.17, 15) is 9.59 Å². The Morgan fingerprint density at radius 3 is 1.85 bits per heavy atom. The Labute approximate surface area is 356 Å². The van der Waals surface area contributed by atoms with Crippen LogP contribution in [0.4, 0.5) is 11.4 Å². The summed E-state index contributed by atoms with van der Waals surface area (Å²) in [5, 5.41) is 7.22. The van der Waals surface area contributed by atoms with Gasteiger partial charge < -0.3 is 9.47 Å². The summed E-state index contributed by atoms with van der Waals surface area (Å²) >= 11 is 0. The van der Waals surface area contributed by atoms with Crippen molar-refractivity contribution in [3.8, 4) is 11.1 Å². The van der Waals surface area contributed by atoms with Crippen molar-refractivity contribution in [1.82, 2.24) is 0 Å². The molecule has 1 unspecified atom stereocenters. The highest BCUT2D eigenvalue weighted by atomic mass is 16.5. The lowest BCUT2D eigenvalue weighted by molar-refractivity contribution is -0.378. The first-order valence-electron chi connectivity index (χ1n) is 20.6. The molecule has 9 rings (SSSR count). The minimum Gasteiger partial charge on any atom is -0.465 e. The Morgan fingerprint density at radius 2 is 1.20 bits per heavy atom. The number of methoxy groups -OCH3 is 2. The van der Waals surface area contributed by atoms with Crippen molar-refractivity contribution < 1.29 is 23.6 Å². The van der Waals surface area contributed by atoms with Crippen LogP contribution in [0.2, 0.25) is 0 Å². The van der Waals surface area contributed by atoms with Gasteiger partial charge in [0.25, 0.3) is 0 Å². The number of hydrogen-bond donors (Lipinski definition) is 0. The molecule has 2 aliphatic heterocycles. The van der Waals surface area contributed by atoms with E-state index in [1.54, 1.807) is 0 Å². The van der Waals surface area contributed by atoms with Crippen LogP contribution >= 0.6 is 0 Å². The number of benzene rings is 6. The number of hydrogen-bond acceptors (Lipinski definition) is 6. The Bertz CT molecular complexity index is 2770. The van der Waals surface area contributed by atoms with Crippen molar-refractivity contribution in [2.24, 2.45) is 5.10 Å². The topological polar surface area (TPSA) is 71.2 Å². The third kappa shape index (κ3) is 7.12. The van der Waals surface area contributed by atoms with Crippen molar-refractivity contribution in [2.75, 3.05) is 19.2 Å². The van der Waals surface area contributed by atoms with Gasteiger partial charge in [-0.2, -0.15) is 5.10 Å². The second-order valence-electron chi connectivity index (χ2n) is 16.0. The van der Waals surface area contributed by atoms with Gasteiger partial charge in [-0.1, -0.05) is 146 Å². The van der Waals surface area contributed by atoms with E-state index in [0.29, 0.717) is 0 Å². The summed E-state index contributed by atoms with van der Waals surface area (Å²) in [6.07, 6.45) is 9.11. The lowest BCUT2D eigenvalue weighted by atomic mass is 9.81. The average Bonchev–Trinajstić information content (AvgIpc) is 3.95. The normalized spacial score (nSPS) is 17.0. The standard InChI is InChI=1S/C54H46N3O4/c1-54(2)45-25-15-16-26-46(45)56(51(53(59)61-4)50(52(58)60-3)49-43-23-13-11-21-41(43)42-22-12-14-24-44(42)49)48(54)34-30-37-28-32-40(33-29-37)57-47(38-19-9-6-10-20-38)35-39(55-57)31-27-36-17-7-5-8-18-36/h5-34,47,49H,35H2,1-4H3/q+1/b31-27+,51-50-. The van der Waals surface area contributed by atoms with Gasteiger partial charge in [-0.15, -0.1) is 4.58 Å². The van der Waals surface area contributed by atoms with E-state index in [-0.39, 0.29) is 17.3 Å². The summed E-state index contributed by atoms with van der Waals surface area (Å²) in [4.78, 5) is 28.7. The van der Waals surface area contributed by atoms with E-state index in [2.05, 4.69) is 122 Å². The quantitative estimate of drug-likeness (QED) is 0.0784. The largest absolute Gasteiger partial charge is 0.465 e. The van der Waals surface area contributed by atoms with Gasteiger partial charge in [-0.3, -0.25) is 5.01 Å². The first-order valence-corrected chi connectivity index (χ1v) is 20.6. The van der Waals surface area contributed by atoms with Gasteiger partial charge in [0.15, 0.2) is 5.71 Å². The molecule has 0 fully saturated rings. The minimum absolute atomic E-state index is 0.0475. The number of para-hydroxylation sites is 1. The maximum absolute atomic E-state index is 14.4. The molecule has 1 aliphatic carbocycles. The highest BCUT2D eigenvalue weighted by Gasteiger charge is 2.51. The summed E-state index contributed by atoms with van der Waals surface area (Å²) < 4.78 is 13.0. The number of anilines is 1. The van der Waals surface area contributed by atoms with Crippen LogP contribution in [0.5, 0.6) is 0 Å². The number of esters is 2. The monoisotopic (exact) mass is 800 g/mol. The van der Waals surface area contributed by atoms with E-state index < -0.39 is 23.3 Å². The van der Waals surface area contributed by atoms with E-state index in [0.717, 1.165) is 68.2 Å². The first-order chi connectivity index (χ1) is 29.8. The van der Waals surface area contributed by atoms with Crippen LogP contribution in [0.3, 0.4) is 0 Å². The summed E-state index contributed by atoms with van der Waals surface area (Å²) in [5.41, 5.74) is 11.5. The van der Waals surface area contributed by atoms with Crippen molar-refractivity contribution >= 4 is 46.9 Å². The third-order valence-electron chi connectivity index (χ3n) is 12.1. The molecule has 7 heteroatoms. The molecule has 0 saturated carbocycles. The van der Waals surface area contributed by atoms with Crippen molar-refractivity contribution in [2.45, 2.75) is 37.6 Å². The van der Waals surface area contributed by atoms with Crippen LogP contribution in [0.1, 0.15) is 65.6 Å². The number of allylic oxidation sites excluding steroid dienone is 2. The zero-order valence-corrected chi connectivity index (χ0v) is 34.7. The Balaban J connectivity index is 1.15. The zero-order chi connectivity index (χ0) is 42.1. The first kappa shape index (κ1) is 39.1. The van der Waals surface area contributed by atoms with Gasteiger partial charge in [0, 0.05) is 30.0 Å². The third-order valence-corrected chi connectivity index (χ3v) is 12.1. The van der Waals surface area contributed by atoms with Gasteiger partial charge in [-0.05, 0) is 77.1 Å². The van der Waals surface area contributed by atoms with Gasteiger partial charge in [0.1, 0.15) is 5.57 Å². The molecule has 0 spiro atoms. The number of ether oxygens (including phenoxy) is 2. The second-order valence-corrected chi connectivity index (χ2v) is 16.0. The molecular formula is C54H46N3O4+. The number of rotatable bonds is 10. The fourth-order valence-corrected chi connectivity index (χ4v) is 9.09. The van der Waals surface area contributed by atoms with Crippen molar-refractivity contribution in [3.63, 3.8) is 0 Å². The predicted molar refractivity (Wildman–Crippen MR) is 244 cm³/mol. The summed E-state index contributed by atoms with van der Waals surface area (Å²) in [7, 11) is 2.71. The molecule has 0 saturated heterocycles. The Hall–Kier alpha value is -7.38. The van der Waals surface area contributed by atoms with E-state index >= 15 is 0 Å². The van der Waals surface area contributed by atoms with Crippen molar-refractivity contribution in [3.05, 3.63) is 215 Å². The van der Waals surface area contributed by atoms with E-state index in [4.69, 9.17) is 14.6 Å². The van der Waals surface area contributed by atoms with Gasteiger partial charge in [0.2, 0.25) is 5.69 Å². The molecule has 61 heavy (non-hydrogen) atoms. The SMILES string of the molecule is COC(=O)/C(=C(/C(=O)OC)[N+]1=C(/C=C/c2ccc(N3N=C(/C=C/c4ccccc4)CC3c3ccccc3)cc2)C(C)(C)c2ccccc21)C1c2ccccc2-c2ccccc21. The number of hydrazone groups is 1. The fraction of sp³-hybridized carbons (Fsp3) is 0.148. The van der Waals surface area contributed by atoms with E-state index in [1.165, 1.54) is 19.8 Å². The molecule has 0 radical (unpaired) electrons. The zero-order valence-electron chi connectivity index (χ0n) is 34.7. The molecule has 6 aromatic carbocycles. The molecule has 2 heterocycles. The highest BCUT2D eigenvalue weighted by Crippen LogP contribution is 2.51. The number of nitrogens with zero attached hydrogens (tertiary/aromatic N) is 3. The molecule has 6 aromatic rings. The Kier molecular flexibility index (Phi) is 10.5. The molecule has 7 nitrogen and oxygen atoms in total. The minimum atomic E-state index is -0.637. The number of fused-ring (bicyclic) bond motifs is 4. The molecular weight excluding hydrogens is 755 g/mol. The molecule has 300 valence electrons. The summed E-state index contributed by atoms with van der Waals surface area (Å²) in [5.74, 6) is -1.82. The smallest absolute Gasteiger partial charge is 0.404 e. The summed E-state index contributed by atoms with van der Waals surface area (Å²) in [6.45, 7) is 4.28. The maximum atomic E-state index is 14.4. The fourth-order valence-electron chi connectivity index (χ4n) is 9.09.